The minimum absolute atomic E-state index is 0.135. The molecule has 7 heteroatoms. The van der Waals surface area contributed by atoms with Crippen molar-refractivity contribution in [1.29, 1.82) is 5.26 Å². The van der Waals surface area contributed by atoms with Crippen LogP contribution in [-0.4, -0.2) is 41.1 Å². The summed E-state index contributed by atoms with van der Waals surface area (Å²) < 4.78 is 0. The Labute approximate surface area is 104 Å². The first-order valence-electron chi connectivity index (χ1n) is 5.33. The average Bonchev–Trinajstić information content (AvgIpc) is 2.73. The zero-order chi connectivity index (χ0) is 12.7. The Morgan fingerprint density at radius 1 is 1.59 bits per heavy atom. The van der Waals surface area contributed by atoms with Crippen LogP contribution in [0.15, 0.2) is 0 Å². The second-order valence-electron chi connectivity index (χ2n) is 3.55. The molecule has 92 valence electrons. The van der Waals surface area contributed by atoms with Crippen LogP contribution >= 0.6 is 11.3 Å². The number of carbonyl (C=O) groups excluding carboxylic acids is 1. The molecule has 0 fully saturated rings. The van der Waals surface area contributed by atoms with Gasteiger partial charge in [0.25, 0.3) is 0 Å². The number of anilines is 1. The van der Waals surface area contributed by atoms with Crippen molar-refractivity contribution in [1.82, 2.24) is 15.1 Å². The fraction of sp³-hybridized carbons (Fsp3) is 0.600. The van der Waals surface area contributed by atoms with Gasteiger partial charge in [-0.25, -0.2) is 0 Å². The van der Waals surface area contributed by atoms with Crippen LogP contribution in [-0.2, 0) is 11.2 Å². The lowest BCUT2D eigenvalue weighted by Crippen LogP contribution is -2.30. The molecule has 0 aliphatic carbocycles. The van der Waals surface area contributed by atoms with Gasteiger partial charge in [0.2, 0.25) is 11.0 Å². The van der Waals surface area contributed by atoms with E-state index in [1.54, 1.807) is 11.9 Å². The molecule has 0 atom stereocenters. The molecule has 0 aliphatic rings. The van der Waals surface area contributed by atoms with E-state index in [1.165, 1.54) is 11.3 Å². The van der Waals surface area contributed by atoms with Gasteiger partial charge in [-0.3, -0.25) is 15.0 Å². The van der Waals surface area contributed by atoms with Crippen LogP contribution in [0.4, 0.5) is 5.13 Å². The van der Waals surface area contributed by atoms with Crippen LogP contribution in [0.3, 0.4) is 0 Å². The molecular weight excluding hydrogens is 238 g/mol. The number of carbonyl (C=O) groups is 1. The fourth-order valence-corrected chi connectivity index (χ4v) is 1.87. The van der Waals surface area contributed by atoms with Gasteiger partial charge >= 0.3 is 0 Å². The molecule has 0 aliphatic heterocycles. The first-order chi connectivity index (χ1) is 8.15. The molecule has 0 radical (unpaired) electrons. The Hall–Kier alpha value is -1.52. The number of aromatic nitrogens is 2. The summed E-state index contributed by atoms with van der Waals surface area (Å²) in [6.45, 7) is 2.82. The monoisotopic (exact) mass is 253 g/mol. The SMILES string of the molecule is CCc1nnc(NC(=O)CN(C)CCC#N)s1. The van der Waals surface area contributed by atoms with Crippen LogP contribution in [0, 0.1) is 11.3 Å². The number of aryl methyl sites for hydroxylation is 1. The second kappa shape index (κ2) is 6.93. The van der Waals surface area contributed by atoms with Crippen molar-refractivity contribution in [2.45, 2.75) is 19.8 Å². The maximum atomic E-state index is 11.6. The summed E-state index contributed by atoms with van der Waals surface area (Å²) in [4.78, 5) is 13.4. The Morgan fingerprint density at radius 3 is 2.94 bits per heavy atom. The predicted octanol–water partition coefficient (Wildman–Crippen LogP) is 0.884. The van der Waals surface area contributed by atoms with E-state index in [-0.39, 0.29) is 12.5 Å². The number of nitrogens with one attached hydrogen (secondary N) is 1. The van der Waals surface area contributed by atoms with Gasteiger partial charge in [-0.15, -0.1) is 10.2 Å². The molecule has 17 heavy (non-hydrogen) atoms. The maximum absolute atomic E-state index is 11.6. The summed E-state index contributed by atoms with van der Waals surface area (Å²) in [5.74, 6) is -0.135. The zero-order valence-electron chi connectivity index (χ0n) is 9.93. The summed E-state index contributed by atoms with van der Waals surface area (Å²) in [7, 11) is 1.80. The normalized spacial score (nSPS) is 10.2. The number of amides is 1. The van der Waals surface area contributed by atoms with E-state index in [4.69, 9.17) is 5.26 Å². The standard InChI is InChI=1S/C10H15N5OS/c1-3-9-13-14-10(17-9)12-8(16)7-15(2)6-4-5-11/h3-4,6-7H2,1-2H3,(H,12,14,16). The van der Waals surface area contributed by atoms with Crippen molar-refractivity contribution in [2.24, 2.45) is 0 Å². The molecule has 0 saturated carbocycles. The summed E-state index contributed by atoms with van der Waals surface area (Å²) in [6.07, 6.45) is 1.23. The van der Waals surface area contributed by atoms with Crippen LogP contribution in [0.2, 0.25) is 0 Å². The lowest BCUT2D eigenvalue weighted by Gasteiger charge is -2.13. The number of likely N-dealkylation sites (N-methyl/N-ethyl adjacent to an activating group) is 1. The maximum Gasteiger partial charge on any atom is 0.240 e. The highest BCUT2D eigenvalue weighted by molar-refractivity contribution is 7.15. The smallest absolute Gasteiger partial charge is 0.240 e. The van der Waals surface area contributed by atoms with Crippen molar-refractivity contribution in [3.8, 4) is 6.07 Å². The lowest BCUT2D eigenvalue weighted by molar-refractivity contribution is -0.117. The molecule has 0 unspecified atom stereocenters. The third kappa shape index (κ3) is 4.89. The minimum atomic E-state index is -0.135. The fourth-order valence-electron chi connectivity index (χ4n) is 1.17. The van der Waals surface area contributed by atoms with Gasteiger partial charge in [-0.2, -0.15) is 5.26 Å². The molecule has 6 nitrogen and oxygen atoms in total. The molecule has 0 saturated heterocycles. The first kappa shape index (κ1) is 13.5. The zero-order valence-corrected chi connectivity index (χ0v) is 10.8. The largest absolute Gasteiger partial charge is 0.299 e. The van der Waals surface area contributed by atoms with Gasteiger partial charge in [-0.1, -0.05) is 18.3 Å². The highest BCUT2D eigenvalue weighted by atomic mass is 32.1. The number of nitriles is 1. The van der Waals surface area contributed by atoms with Gasteiger partial charge < -0.3 is 0 Å². The van der Waals surface area contributed by atoms with Crippen LogP contribution in [0.1, 0.15) is 18.4 Å². The summed E-state index contributed by atoms with van der Waals surface area (Å²) in [5, 5.41) is 20.3. The van der Waals surface area contributed by atoms with E-state index >= 15 is 0 Å². The molecule has 0 bridgehead atoms. The molecule has 0 aromatic carbocycles. The van der Waals surface area contributed by atoms with Crippen LogP contribution < -0.4 is 5.32 Å². The third-order valence-corrected chi connectivity index (χ3v) is 3.02. The van der Waals surface area contributed by atoms with E-state index in [0.29, 0.717) is 18.1 Å². The Kier molecular flexibility index (Phi) is 5.52. The topological polar surface area (TPSA) is 81.9 Å². The van der Waals surface area contributed by atoms with Crippen molar-refractivity contribution in [3.05, 3.63) is 5.01 Å². The van der Waals surface area contributed by atoms with Crippen molar-refractivity contribution in [2.75, 3.05) is 25.5 Å². The van der Waals surface area contributed by atoms with E-state index in [1.807, 2.05) is 13.0 Å². The van der Waals surface area contributed by atoms with E-state index in [9.17, 15) is 4.79 Å². The molecule has 1 heterocycles. The minimum Gasteiger partial charge on any atom is -0.299 e. The van der Waals surface area contributed by atoms with E-state index < -0.39 is 0 Å². The van der Waals surface area contributed by atoms with Gasteiger partial charge in [0.05, 0.1) is 12.6 Å². The first-order valence-corrected chi connectivity index (χ1v) is 6.15. The highest BCUT2D eigenvalue weighted by Crippen LogP contribution is 2.14. The number of hydrogen-bond donors (Lipinski definition) is 1. The van der Waals surface area contributed by atoms with Gasteiger partial charge in [0.15, 0.2) is 0 Å². The number of nitrogens with zero attached hydrogens (tertiary/aromatic N) is 4. The number of rotatable bonds is 6. The Morgan fingerprint density at radius 2 is 2.35 bits per heavy atom. The molecule has 1 rings (SSSR count). The molecule has 1 aromatic heterocycles. The molecule has 0 spiro atoms. The predicted molar refractivity (Wildman–Crippen MR) is 65.6 cm³/mol. The summed E-state index contributed by atoms with van der Waals surface area (Å²) in [5.41, 5.74) is 0. The summed E-state index contributed by atoms with van der Waals surface area (Å²) >= 11 is 1.38. The molecule has 1 aromatic rings. The molecule has 1 amide bonds. The van der Waals surface area contributed by atoms with E-state index in [0.717, 1.165) is 11.4 Å². The average molecular weight is 253 g/mol. The van der Waals surface area contributed by atoms with Crippen molar-refractivity contribution >= 4 is 22.4 Å². The van der Waals surface area contributed by atoms with Gasteiger partial charge in [0.1, 0.15) is 5.01 Å². The Balaban J connectivity index is 2.36. The van der Waals surface area contributed by atoms with E-state index in [2.05, 4.69) is 15.5 Å². The summed E-state index contributed by atoms with van der Waals surface area (Å²) in [6, 6.07) is 2.04. The van der Waals surface area contributed by atoms with Crippen molar-refractivity contribution in [3.63, 3.8) is 0 Å². The van der Waals surface area contributed by atoms with Crippen molar-refractivity contribution < 1.29 is 4.79 Å². The molecular formula is C10H15N5OS. The Bertz CT molecular complexity index is 411. The third-order valence-electron chi connectivity index (χ3n) is 2.03. The quantitative estimate of drug-likeness (QED) is 0.814. The van der Waals surface area contributed by atoms with Crippen LogP contribution in [0.5, 0.6) is 0 Å². The van der Waals surface area contributed by atoms with Gasteiger partial charge in [0, 0.05) is 13.0 Å². The van der Waals surface area contributed by atoms with Gasteiger partial charge in [-0.05, 0) is 13.5 Å². The van der Waals surface area contributed by atoms with Crippen LogP contribution in [0.25, 0.3) is 0 Å². The highest BCUT2D eigenvalue weighted by Gasteiger charge is 2.09. The molecule has 1 N–H and O–H groups in total. The second-order valence-corrected chi connectivity index (χ2v) is 4.61. The lowest BCUT2D eigenvalue weighted by atomic mass is 10.4. The number of hydrogen-bond acceptors (Lipinski definition) is 6.